The van der Waals surface area contributed by atoms with E-state index in [1.54, 1.807) is 7.11 Å². The summed E-state index contributed by atoms with van der Waals surface area (Å²) in [6.07, 6.45) is 3.25. The lowest BCUT2D eigenvalue weighted by Gasteiger charge is -2.32. The molecule has 0 spiro atoms. The van der Waals surface area contributed by atoms with Crippen molar-refractivity contribution in [3.63, 3.8) is 0 Å². The van der Waals surface area contributed by atoms with E-state index >= 15 is 0 Å². The molecule has 1 saturated carbocycles. The molecule has 1 fully saturated rings. The van der Waals surface area contributed by atoms with E-state index in [0.29, 0.717) is 13.0 Å². The fraction of sp³-hybridized carbons (Fsp3) is 0.435. The van der Waals surface area contributed by atoms with E-state index in [1.807, 2.05) is 12.1 Å². The molecule has 0 aliphatic heterocycles. The zero-order chi connectivity index (χ0) is 19.1. The fourth-order valence-corrected chi connectivity index (χ4v) is 4.04. The van der Waals surface area contributed by atoms with Crippen LogP contribution in [-0.4, -0.2) is 31.7 Å². The van der Waals surface area contributed by atoms with Crippen LogP contribution in [0.1, 0.15) is 42.7 Å². The molecular formula is C23H30N2O2. The molecule has 0 heterocycles. The lowest BCUT2D eigenvalue weighted by molar-refractivity contribution is -0.127. The lowest BCUT2D eigenvalue weighted by atomic mass is 9.83. The molecule has 144 valence electrons. The summed E-state index contributed by atoms with van der Waals surface area (Å²) in [5.74, 6) is 0.407. The highest BCUT2D eigenvalue weighted by Crippen LogP contribution is 2.28. The largest absolute Gasteiger partial charge is 0.380 e. The van der Waals surface area contributed by atoms with E-state index in [0.717, 1.165) is 19.3 Å². The van der Waals surface area contributed by atoms with Gasteiger partial charge in [0.15, 0.2) is 0 Å². The lowest BCUT2D eigenvalue weighted by Crippen LogP contribution is -2.45. The second-order valence-electron chi connectivity index (χ2n) is 7.40. The van der Waals surface area contributed by atoms with E-state index in [4.69, 9.17) is 10.5 Å². The standard InChI is InChI=1S/C23H30N2O2/c1-27-22-16-19(12-13-21(22)24)23(26)25-15-14-20(17-8-4-2-5-9-17)18-10-6-3-7-11-18/h2-11,19-22H,12-16,24H2,1H3,(H,25,26)/t19-,21+,22+/m0/s1. The molecule has 0 aromatic heterocycles. The number of nitrogens with two attached hydrogens (primary N) is 1. The quantitative estimate of drug-likeness (QED) is 0.789. The number of carbonyl (C=O) groups is 1. The Kier molecular flexibility index (Phi) is 7.02. The van der Waals surface area contributed by atoms with Gasteiger partial charge in [-0.1, -0.05) is 60.7 Å². The summed E-state index contributed by atoms with van der Waals surface area (Å²) in [4.78, 5) is 12.6. The third-order valence-corrected chi connectivity index (χ3v) is 5.65. The maximum Gasteiger partial charge on any atom is 0.223 e. The second-order valence-corrected chi connectivity index (χ2v) is 7.40. The number of benzene rings is 2. The molecule has 0 radical (unpaired) electrons. The van der Waals surface area contributed by atoms with Crippen LogP contribution in [0, 0.1) is 5.92 Å². The van der Waals surface area contributed by atoms with Gasteiger partial charge in [0, 0.05) is 31.5 Å². The van der Waals surface area contributed by atoms with Crippen molar-refractivity contribution in [2.75, 3.05) is 13.7 Å². The van der Waals surface area contributed by atoms with E-state index in [-0.39, 0.29) is 29.9 Å². The van der Waals surface area contributed by atoms with E-state index in [2.05, 4.69) is 53.8 Å². The topological polar surface area (TPSA) is 64.3 Å². The van der Waals surface area contributed by atoms with Crippen LogP contribution >= 0.6 is 0 Å². The predicted molar refractivity (Wildman–Crippen MR) is 108 cm³/mol. The van der Waals surface area contributed by atoms with Crippen molar-refractivity contribution in [1.29, 1.82) is 0 Å². The van der Waals surface area contributed by atoms with Crippen LogP contribution in [0.5, 0.6) is 0 Å². The summed E-state index contributed by atoms with van der Waals surface area (Å²) in [5, 5.41) is 3.15. The molecule has 4 heteroatoms. The minimum Gasteiger partial charge on any atom is -0.380 e. The molecule has 1 amide bonds. The summed E-state index contributed by atoms with van der Waals surface area (Å²) in [6.45, 7) is 0.660. The minimum atomic E-state index is -0.0177. The zero-order valence-corrected chi connectivity index (χ0v) is 16.0. The van der Waals surface area contributed by atoms with Crippen LogP contribution in [0.25, 0.3) is 0 Å². The molecule has 3 rings (SSSR count). The molecule has 4 nitrogen and oxygen atoms in total. The number of nitrogens with one attached hydrogen (secondary N) is 1. The molecule has 3 N–H and O–H groups in total. The van der Waals surface area contributed by atoms with Crippen LogP contribution in [-0.2, 0) is 9.53 Å². The smallest absolute Gasteiger partial charge is 0.223 e. The first-order valence-corrected chi connectivity index (χ1v) is 9.85. The van der Waals surface area contributed by atoms with Gasteiger partial charge in [0.05, 0.1) is 6.10 Å². The highest BCUT2D eigenvalue weighted by atomic mass is 16.5. The number of ether oxygens (including phenoxy) is 1. The van der Waals surface area contributed by atoms with Crippen molar-refractivity contribution in [1.82, 2.24) is 5.32 Å². The fourth-order valence-electron chi connectivity index (χ4n) is 4.04. The van der Waals surface area contributed by atoms with Gasteiger partial charge in [-0.15, -0.1) is 0 Å². The number of carbonyl (C=O) groups excluding carboxylic acids is 1. The Bertz CT molecular complexity index is 665. The van der Waals surface area contributed by atoms with E-state index in [9.17, 15) is 4.79 Å². The molecule has 1 aliphatic rings. The Hall–Kier alpha value is -2.17. The third-order valence-electron chi connectivity index (χ3n) is 5.65. The van der Waals surface area contributed by atoms with Gasteiger partial charge in [-0.2, -0.15) is 0 Å². The number of rotatable bonds is 7. The van der Waals surface area contributed by atoms with Gasteiger partial charge in [0.1, 0.15) is 0 Å². The van der Waals surface area contributed by atoms with Gasteiger partial charge in [0.2, 0.25) is 5.91 Å². The van der Waals surface area contributed by atoms with Crippen LogP contribution in [0.15, 0.2) is 60.7 Å². The molecule has 0 saturated heterocycles. The average molecular weight is 367 g/mol. The summed E-state index contributed by atoms with van der Waals surface area (Å²) >= 11 is 0. The average Bonchev–Trinajstić information content (AvgIpc) is 2.72. The Morgan fingerprint density at radius 2 is 1.67 bits per heavy atom. The minimum absolute atomic E-state index is 0.00153. The Morgan fingerprint density at radius 3 is 2.22 bits per heavy atom. The van der Waals surface area contributed by atoms with Gasteiger partial charge in [0.25, 0.3) is 0 Å². The van der Waals surface area contributed by atoms with Crippen molar-refractivity contribution >= 4 is 5.91 Å². The predicted octanol–water partition coefficient (Wildman–Crippen LogP) is 3.47. The first kappa shape index (κ1) is 19.6. The SMILES string of the molecule is CO[C@@H]1C[C@@H](C(=O)NCCC(c2ccccc2)c2ccccc2)CC[C@H]1N. The molecular weight excluding hydrogens is 336 g/mol. The van der Waals surface area contributed by atoms with Crippen molar-refractivity contribution in [3.05, 3.63) is 71.8 Å². The monoisotopic (exact) mass is 366 g/mol. The van der Waals surface area contributed by atoms with Gasteiger partial charge in [-0.25, -0.2) is 0 Å². The summed E-state index contributed by atoms with van der Waals surface area (Å²) in [5.41, 5.74) is 8.62. The van der Waals surface area contributed by atoms with Gasteiger partial charge in [-0.05, 0) is 36.8 Å². The molecule has 0 unspecified atom stereocenters. The van der Waals surface area contributed by atoms with Crippen molar-refractivity contribution in [2.24, 2.45) is 11.7 Å². The van der Waals surface area contributed by atoms with Crippen LogP contribution < -0.4 is 11.1 Å². The van der Waals surface area contributed by atoms with E-state index in [1.165, 1.54) is 11.1 Å². The number of hydrogen-bond donors (Lipinski definition) is 2. The maximum absolute atomic E-state index is 12.6. The summed E-state index contributed by atoms with van der Waals surface area (Å²) in [7, 11) is 1.68. The Labute approximate surface area is 162 Å². The Morgan fingerprint density at radius 1 is 1.07 bits per heavy atom. The van der Waals surface area contributed by atoms with E-state index < -0.39 is 0 Å². The molecule has 1 aliphatic carbocycles. The first-order chi connectivity index (χ1) is 13.2. The molecule has 2 aromatic rings. The number of amides is 1. The van der Waals surface area contributed by atoms with Crippen LogP contribution in [0.3, 0.4) is 0 Å². The summed E-state index contributed by atoms with van der Waals surface area (Å²) in [6, 6.07) is 21.0. The second kappa shape index (κ2) is 9.67. The molecule has 3 atom stereocenters. The first-order valence-electron chi connectivity index (χ1n) is 9.85. The van der Waals surface area contributed by atoms with Crippen molar-refractivity contribution in [3.8, 4) is 0 Å². The normalized spacial score (nSPS) is 22.6. The number of methoxy groups -OCH3 is 1. The third kappa shape index (κ3) is 5.18. The van der Waals surface area contributed by atoms with Crippen LogP contribution in [0.4, 0.5) is 0 Å². The molecule has 0 bridgehead atoms. The van der Waals surface area contributed by atoms with Gasteiger partial charge < -0.3 is 15.8 Å². The Balaban J connectivity index is 1.59. The maximum atomic E-state index is 12.6. The zero-order valence-electron chi connectivity index (χ0n) is 16.0. The number of hydrogen-bond acceptors (Lipinski definition) is 3. The van der Waals surface area contributed by atoms with Crippen molar-refractivity contribution in [2.45, 2.75) is 43.7 Å². The van der Waals surface area contributed by atoms with Crippen molar-refractivity contribution < 1.29 is 9.53 Å². The molecule has 2 aromatic carbocycles. The molecule has 27 heavy (non-hydrogen) atoms. The summed E-state index contributed by atoms with van der Waals surface area (Å²) < 4.78 is 5.44. The van der Waals surface area contributed by atoms with Gasteiger partial charge in [-0.3, -0.25) is 4.79 Å². The van der Waals surface area contributed by atoms with Crippen LogP contribution in [0.2, 0.25) is 0 Å². The van der Waals surface area contributed by atoms with Gasteiger partial charge >= 0.3 is 0 Å². The highest BCUT2D eigenvalue weighted by Gasteiger charge is 2.32. The highest BCUT2D eigenvalue weighted by molar-refractivity contribution is 5.78.